The molecule has 0 aliphatic rings. The molecule has 0 aliphatic heterocycles. The minimum Gasteiger partial charge on any atom is -0.349 e. The van der Waals surface area contributed by atoms with Crippen LogP contribution in [-0.2, 0) is 0 Å². The van der Waals surface area contributed by atoms with E-state index in [-0.39, 0.29) is 17.4 Å². The summed E-state index contributed by atoms with van der Waals surface area (Å²) in [4.78, 5) is 16.7. The number of carbonyl (C=O) groups excluding carboxylic acids is 1. The Labute approximate surface area is 134 Å². The maximum Gasteiger partial charge on any atom is 0.251 e. The van der Waals surface area contributed by atoms with Crippen LogP contribution < -0.4 is 5.32 Å². The lowest BCUT2D eigenvalue weighted by molar-refractivity contribution is 0.0901. The van der Waals surface area contributed by atoms with Crippen LogP contribution in [0, 0.1) is 5.41 Å². The fraction of sp³-hybridized carbons (Fsp3) is 0.412. The molecule has 0 bridgehead atoms. The van der Waals surface area contributed by atoms with Gasteiger partial charge in [0.1, 0.15) is 0 Å². The molecule has 1 N–H and O–H groups in total. The first-order chi connectivity index (χ1) is 9.91. The summed E-state index contributed by atoms with van der Waals surface area (Å²) in [7, 11) is 0. The van der Waals surface area contributed by atoms with Gasteiger partial charge in [0.2, 0.25) is 0 Å². The Balaban J connectivity index is 2.21. The Hall–Kier alpha value is -1.42. The highest BCUT2D eigenvalue weighted by Crippen LogP contribution is 2.23. The number of benzene rings is 1. The number of nitrogens with one attached hydrogen (secondary N) is 1. The molecule has 0 radical (unpaired) electrons. The number of halogens is 1. The number of aromatic nitrogens is 1. The average molecular weight is 349 g/mol. The molecule has 2 rings (SSSR count). The molecule has 4 heteroatoms. The summed E-state index contributed by atoms with van der Waals surface area (Å²) in [6, 6.07) is 9.60. The first-order valence-corrected chi connectivity index (χ1v) is 8.25. The van der Waals surface area contributed by atoms with Gasteiger partial charge in [-0.25, -0.2) is 0 Å². The maximum absolute atomic E-state index is 12.5. The van der Waals surface area contributed by atoms with Gasteiger partial charge < -0.3 is 5.32 Å². The third-order valence-electron chi connectivity index (χ3n) is 3.61. The van der Waals surface area contributed by atoms with Gasteiger partial charge in [-0.1, -0.05) is 42.8 Å². The fourth-order valence-electron chi connectivity index (χ4n) is 2.29. The molecule has 1 unspecified atom stereocenters. The summed E-state index contributed by atoms with van der Waals surface area (Å²) < 4.78 is 0. The van der Waals surface area contributed by atoms with Crippen LogP contribution in [-0.4, -0.2) is 22.3 Å². The fourth-order valence-corrected chi connectivity index (χ4v) is 2.75. The first kappa shape index (κ1) is 16.0. The van der Waals surface area contributed by atoms with Crippen LogP contribution in [0.15, 0.2) is 36.5 Å². The predicted molar refractivity (Wildman–Crippen MR) is 90.9 cm³/mol. The van der Waals surface area contributed by atoms with Crippen molar-refractivity contribution in [2.24, 2.45) is 5.41 Å². The highest BCUT2D eigenvalue weighted by atomic mass is 79.9. The number of nitrogens with zero attached hydrogens (tertiary/aromatic N) is 1. The van der Waals surface area contributed by atoms with E-state index in [1.54, 1.807) is 6.20 Å². The van der Waals surface area contributed by atoms with Crippen molar-refractivity contribution >= 4 is 32.7 Å². The quantitative estimate of drug-likeness (QED) is 0.842. The van der Waals surface area contributed by atoms with Crippen molar-refractivity contribution in [3.63, 3.8) is 0 Å². The third-order valence-corrected chi connectivity index (χ3v) is 4.07. The van der Waals surface area contributed by atoms with Gasteiger partial charge in [0, 0.05) is 28.5 Å². The summed E-state index contributed by atoms with van der Waals surface area (Å²) >= 11 is 3.46. The van der Waals surface area contributed by atoms with E-state index in [1.165, 1.54) is 0 Å². The highest BCUT2D eigenvalue weighted by Gasteiger charge is 2.25. The van der Waals surface area contributed by atoms with Crippen LogP contribution >= 0.6 is 15.9 Å². The number of hydrogen-bond donors (Lipinski definition) is 1. The topological polar surface area (TPSA) is 42.0 Å². The van der Waals surface area contributed by atoms with Crippen LogP contribution in [0.5, 0.6) is 0 Å². The minimum atomic E-state index is -0.0263. The molecular weight excluding hydrogens is 328 g/mol. The number of fused-ring (bicyclic) bond motifs is 1. The van der Waals surface area contributed by atoms with E-state index in [1.807, 2.05) is 30.3 Å². The van der Waals surface area contributed by atoms with E-state index >= 15 is 0 Å². The number of pyridine rings is 1. The normalized spacial score (nSPS) is 13.1. The zero-order valence-corrected chi connectivity index (χ0v) is 14.3. The molecule has 112 valence electrons. The molecule has 1 heterocycles. The number of alkyl halides is 1. The van der Waals surface area contributed by atoms with Crippen molar-refractivity contribution in [2.75, 3.05) is 5.33 Å². The lowest BCUT2D eigenvalue weighted by Crippen LogP contribution is -2.44. The number of carbonyl (C=O) groups is 1. The van der Waals surface area contributed by atoms with Gasteiger partial charge in [-0.05, 0) is 36.1 Å². The summed E-state index contributed by atoms with van der Waals surface area (Å²) in [5.74, 6) is -0.0263. The molecular formula is C17H21BrN2O. The lowest BCUT2D eigenvalue weighted by Gasteiger charge is -2.31. The van der Waals surface area contributed by atoms with Gasteiger partial charge in [0.15, 0.2) is 0 Å². The average Bonchev–Trinajstić information content (AvgIpc) is 2.45. The molecule has 0 saturated heterocycles. The molecule has 21 heavy (non-hydrogen) atoms. The Morgan fingerprint density at radius 1 is 1.33 bits per heavy atom. The van der Waals surface area contributed by atoms with Crippen molar-refractivity contribution in [3.8, 4) is 0 Å². The monoisotopic (exact) mass is 348 g/mol. The van der Waals surface area contributed by atoms with Crippen LogP contribution in [0.2, 0.25) is 0 Å². The van der Waals surface area contributed by atoms with Crippen LogP contribution in [0.3, 0.4) is 0 Å². The van der Waals surface area contributed by atoms with Crippen molar-refractivity contribution in [3.05, 3.63) is 42.1 Å². The second-order valence-corrected chi connectivity index (χ2v) is 7.07. The van der Waals surface area contributed by atoms with Crippen molar-refractivity contribution in [1.29, 1.82) is 0 Å². The summed E-state index contributed by atoms with van der Waals surface area (Å²) in [6.07, 6.45) is 2.66. The Kier molecular flexibility index (Phi) is 4.99. The van der Waals surface area contributed by atoms with Crippen LogP contribution in [0.1, 0.15) is 37.6 Å². The van der Waals surface area contributed by atoms with E-state index in [0.29, 0.717) is 5.56 Å². The van der Waals surface area contributed by atoms with Gasteiger partial charge in [-0.2, -0.15) is 0 Å². The van der Waals surface area contributed by atoms with Crippen molar-refractivity contribution < 1.29 is 4.79 Å². The molecule has 1 atom stereocenters. The van der Waals surface area contributed by atoms with Crippen molar-refractivity contribution in [2.45, 2.75) is 33.2 Å². The molecule has 1 aromatic heterocycles. The molecule has 2 aromatic rings. The zero-order valence-electron chi connectivity index (χ0n) is 12.7. The number of hydrogen-bond acceptors (Lipinski definition) is 2. The van der Waals surface area contributed by atoms with Crippen LogP contribution in [0.25, 0.3) is 10.9 Å². The smallest absolute Gasteiger partial charge is 0.251 e. The molecule has 0 aliphatic carbocycles. The Bertz CT molecular complexity index is 634. The molecule has 1 aromatic carbocycles. The highest BCUT2D eigenvalue weighted by molar-refractivity contribution is 9.09. The number of amides is 1. The van der Waals surface area contributed by atoms with Gasteiger partial charge >= 0.3 is 0 Å². The number of rotatable bonds is 4. The Morgan fingerprint density at radius 3 is 2.76 bits per heavy atom. The second kappa shape index (κ2) is 6.56. The van der Waals surface area contributed by atoms with E-state index in [0.717, 1.165) is 22.7 Å². The molecule has 0 saturated carbocycles. The predicted octanol–water partition coefficient (Wildman–Crippen LogP) is 4.16. The van der Waals surface area contributed by atoms with E-state index in [9.17, 15) is 4.79 Å². The first-order valence-electron chi connectivity index (χ1n) is 7.13. The summed E-state index contributed by atoms with van der Waals surface area (Å²) in [6.45, 7) is 6.43. The van der Waals surface area contributed by atoms with Gasteiger partial charge in [-0.15, -0.1) is 0 Å². The molecule has 1 amide bonds. The van der Waals surface area contributed by atoms with E-state index < -0.39 is 0 Å². The lowest BCUT2D eigenvalue weighted by atomic mass is 9.85. The summed E-state index contributed by atoms with van der Waals surface area (Å²) in [5.41, 5.74) is 1.61. The van der Waals surface area contributed by atoms with Gasteiger partial charge in [0.05, 0.1) is 5.52 Å². The second-order valence-electron chi connectivity index (χ2n) is 6.28. The molecule has 3 nitrogen and oxygen atoms in total. The zero-order chi connectivity index (χ0) is 15.5. The standard InChI is InChI=1S/C17H21BrN2O/c1-17(2,3)15(8-9-18)20-16(21)13-6-7-14-12(11-13)5-4-10-19-14/h4-7,10-11,15H,8-9H2,1-3H3,(H,20,21). The third kappa shape index (κ3) is 4.03. The maximum atomic E-state index is 12.5. The minimum absolute atomic E-state index is 0.0263. The molecule has 0 fully saturated rings. The van der Waals surface area contributed by atoms with Crippen LogP contribution in [0.4, 0.5) is 0 Å². The Morgan fingerprint density at radius 2 is 2.10 bits per heavy atom. The summed E-state index contributed by atoms with van der Waals surface area (Å²) in [5, 5.41) is 5.01. The molecule has 0 spiro atoms. The van der Waals surface area contributed by atoms with E-state index in [4.69, 9.17) is 0 Å². The van der Waals surface area contributed by atoms with Crippen molar-refractivity contribution in [1.82, 2.24) is 10.3 Å². The largest absolute Gasteiger partial charge is 0.349 e. The van der Waals surface area contributed by atoms with Gasteiger partial charge in [0.25, 0.3) is 5.91 Å². The SMILES string of the molecule is CC(C)(C)C(CCBr)NC(=O)c1ccc2ncccc2c1. The van der Waals surface area contributed by atoms with E-state index in [2.05, 4.69) is 47.0 Å². The van der Waals surface area contributed by atoms with Gasteiger partial charge in [-0.3, -0.25) is 9.78 Å².